The lowest BCUT2D eigenvalue weighted by atomic mass is 10.3. The van der Waals surface area contributed by atoms with E-state index in [1.165, 1.54) is 11.3 Å². The Morgan fingerprint density at radius 2 is 2.44 bits per heavy atom. The molecule has 3 N–H and O–H groups in total. The second-order valence-corrected chi connectivity index (χ2v) is 5.38. The highest BCUT2D eigenvalue weighted by Gasteiger charge is 2.27. The first-order valence-electron chi connectivity index (χ1n) is 5.88. The van der Waals surface area contributed by atoms with Crippen LogP contribution in [-0.2, 0) is 6.54 Å². The van der Waals surface area contributed by atoms with Crippen LogP contribution in [0.5, 0.6) is 0 Å². The van der Waals surface area contributed by atoms with E-state index < -0.39 is 0 Å². The third kappa shape index (κ3) is 2.24. The van der Waals surface area contributed by atoms with Gasteiger partial charge in [0.15, 0.2) is 0 Å². The zero-order valence-electron chi connectivity index (χ0n) is 9.80. The molecule has 1 aliphatic carbocycles. The number of nitrogen functional groups attached to an aromatic ring is 1. The van der Waals surface area contributed by atoms with E-state index in [1.807, 2.05) is 16.1 Å². The molecule has 2 aromatic rings. The molecule has 1 fully saturated rings. The Labute approximate surface area is 109 Å². The molecular weight excluding hydrogens is 248 g/mol. The Morgan fingerprint density at radius 1 is 1.61 bits per heavy atom. The average molecular weight is 262 g/mol. The summed E-state index contributed by atoms with van der Waals surface area (Å²) in [4.78, 5) is 16.2. The molecular formula is C12H14N4OS. The monoisotopic (exact) mass is 262 g/mol. The van der Waals surface area contributed by atoms with Gasteiger partial charge in [-0.05, 0) is 18.9 Å². The van der Waals surface area contributed by atoms with E-state index in [0.717, 1.165) is 17.8 Å². The van der Waals surface area contributed by atoms with Gasteiger partial charge in [-0.25, -0.2) is 4.98 Å². The van der Waals surface area contributed by atoms with Crippen molar-refractivity contribution in [1.82, 2.24) is 14.9 Å². The van der Waals surface area contributed by atoms with E-state index >= 15 is 0 Å². The van der Waals surface area contributed by atoms with Crippen molar-refractivity contribution in [2.45, 2.75) is 25.4 Å². The molecule has 18 heavy (non-hydrogen) atoms. The fourth-order valence-corrected chi connectivity index (χ4v) is 2.48. The number of amides is 1. The van der Waals surface area contributed by atoms with Crippen molar-refractivity contribution in [3.05, 3.63) is 34.5 Å². The van der Waals surface area contributed by atoms with E-state index in [1.54, 1.807) is 12.3 Å². The standard InChI is InChI=1S/C12H14N4OS/c13-8-5-10(16(7-8)9-1-2-9)12(17)15-6-11-14-3-4-18-11/h3-5,7,9H,1-2,6,13H2,(H,15,17). The highest BCUT2D eigenvalue weighted by molar-refractivity contribution is 7.09. The Morgan fingerprint density at radius 3 is 3.11 bits per heavy atom. The first kappa shape index (κ1) is 11.3. The zero-order chi connectivity index (χ0) is 12.5. The molecule has 2 heterocycles. The molecule has 0 unspecified atom stereocenters. The molecule has 1 saturated carbocycles. The van der Waals surface area contributed by atoms with Gasteiger partial charge in [0, 0.05) is 23.8 Å². The summed E-state index contributed by atoms with van der Waals surface area (Å²) in [6.07, 6.45) is 5.83. The summed E-state index contributed by atoms with van der Waals surface area (Å²) < 4.78 is 1.98. The largest absolute Gasteiger partial charge is 0.397 e. The van der Waals surface area contributed by atoms with Gasteiger partial charge in [-0.3, -0.25) is 4.79 Å². The van der Waals surface area contributed by atoms with E-state index in [0.29, 0.717) is 24.0 Å². The van der Waals surface area contributed by atoms with E-state index in [9.17, 15) is 4.79 Å². The number of nitrogens with one attached hydrogen (secondary N) is 1. The van der Waals surface area contributed by atoms with Crippen LogP contribution < -0.4 is 11.1 Å². The molecule has 0 spiro atoms. The van der Waals surface area contributed by atoms with Gasteiger partial charge in [0.05, 0.1) is 12.2 Å². The number of carbonyl (C=O) groups excluding carboxylic acids is 1. The molecule has 2 aromatic heterocycles. The summed E-state index contributed by atoms with van der Waals surface area (Å²) in [5.74, 6) is -0.0891. The average Bonchev–Trinajstić information content (AvgIpc) is 2.92. The minimum atomic E-state index is -0.0891. The second-order valence-electron chi connectivity index (χ2n) is 4.41. The lowest BCUT2D eigenvalue weighted by molar-refractivity contribution is 0.0941. The Balaban J connectivity index is 1.71. The number of hydrogen-bond donors (Lipinski definition) is 2. The highest BCUT2D eigenvalue weighted by atomic mass is 32.1. The van der Waals surface area contributed by atoms with E-state index in [-0.39, 0.29) is 5.91 Å². The molecule has 94 valence electrons. The number of nitrogens with two attached hydrogens (primary N) is 1. The minimum absolute atomic E-state index is 0.0891. The van der Waals surface area contributed by atoms with Gasteiger partial charge >= 0.3 is 0 Å². The normalized spacial score (nSPS) is 14.7. The summed E-state index contributed by atoms with van der Waals surface area (Å²) in [5, 5.41) is 5.67. The molecule has 0 aliphatic heterocycles. The first-order valence-corrected chi connectivity index (χ1v) is 6.76. The number of thiazole rings is 1. The third-order valence-corrected chi connectivity index (χ3v) is 3.71. The molecule has 0 bridgehead atoms. The summed E-state index contributed by atoms with van der Waals surface area (Å²) >= 11 is 1.53. The van der Waals surface area contributed by atoms with Crippen LogP contribution in [0.3, 0.4) is 0 Å². The minimum Gasteiger partial charge on any atom is -0.397 e. The van der Waals surface area contributed by atoms with Crippen LogP contribution >= 0.6 is 11.3 Å². The second kappa shape index (κ2) is 4.45. The summed E-state index contributed by atoms with van der Waals surface area (Å²) in [5.41, 5.74) is 7.05. The Bertz CT molecular complexity index is 557. The van der Waals surface area contributed by atoms with Crippen molar-refractivity contribution >= 4 is 22.9 Å². The van der Waals surface area contributed by atoms with Crippen LogP contribution in [0, 0.1) is 0 Å². The molecule has 1 amide bonds. The summed E-state index contributed by atoms with van der Waals surface area (Å²) in [6, 6.07) is 2.18. The first-order chi connectivity index (χ1) is 8.74. The van der Waals surface area contributed by atoms with Crippen molar-refractivity contribution in [1.29, 1.82) is 0 Å². The van der Waals surface area contributed by atoms with Crippen LogP contribution in [0.25, 0.3) is 0 Å². The molecule has 3 rings (SSSR count). The Kier molecular flexibility index (Phi) is 2.79. The molecule has 0 radical (unpaired) electrons. The van der Waals surface area contributed by atoms with Crippen molar-refractivity contribution < 1.29 is 4.79 Å². The molecule has 0 atom stereocenters. The van der Waals surface area contributed by atoms with Crippen LogP contribution in [0.4, 0.5) is 5.69 Å². The number of anilines is 1. The summed E-state index contributed by atoms with van der Waals surface area (Å²) in [7, 11) is 0. The molecule has 1 aliphatic rings. The fourth-order valence-electron chi connectivity index (χ4n) is 1.92. The van der Waals surface area contributed by atoms with Gasteiger partial charge in [0.2, 0.25) is 0 Å². The van der Waals surface area contributed by atoms with Gasteiger partial charge in [-0.1, -0.05) is 0 Å². The van der Waals surface area contributed by atoms with Crippen molar-refractivity contribution in [3.63, 3.8) is 0 Å². The van der Waals surface area contributed by atoms with E-state index in [2.05, 4.69) is 10.3 Å². The van der Waals surface area contributed by atoms with Gasteiger partial charge in [-0.15, -0.1) is 11.3 Å². The predicted octanol–water partition coefficient (Wildman–Crippen LogP) is 1.79. The molecule has 0 aromatic carbocycles. The molecule has 0 saturated heterocycles. The number of carbonyl (C=O) groups is 1. The predicted molar refractivity (Wildman–Crippen MR) is 70.4 cm³/mol. The maximum atomic E-state index is 12.1. The van der Waals surface area contributed by atoms with Gasteiger partial charge in [0.1, 0.15) is 10.7 Å². The lowest BCUT2D eigenvalue weighted by Crippen LogP contribution is -2.25. The third-order valence-electron chi connectivity index (χ3n) is 2.93. The van der Waals surface area contributed by atoms with E-state index in [4.69, 9.17) is 5.73 Å². The van der Waals surface area contributed by atoms with Crippen LogP contribution in [-0.4, -0.2) is 15.5 Å². The maximum Gasteiger partial charge on any atom is 0.268 e. The zero-order valence-corrected chi connectivity index (χ0v) is 10.6. The smallest absolute Gasteiger partial charge is 0.268 e. The van der Waals surface area contributed by atoms with Gasteiger partial charge in [-0.2, -0.15) is 0 Å². The maximum absolute atomic E-state index is 12.1. The van der Waals surface area contributed by atoms with Gasteiger partial charge < -0.3 is 15.6 Å². The van der Waals surface area contributed by atoms with Gasteiger partial charge in [0.25, 0.3) is 5.91 Å². The number of nitrogens with zero attached hydrogens (tertiary/aromatic N) is 2. The van der Waals surface area contributed by atoms with Crippen molar-refractivity contribution in [2.75, 3.05) is 5.73 Å². The lowest BCUT2D eigenvalue weighted by Gasteiger charge is -2.07. The fraction of sp³-hybridized carbons (Fsp3) is 0.333. The van der Waals surface area contributed by atoms with Crippen LogP contribution in [0.15, 0.2) is 23.8 Å². The highest BCUT2D eigenvalue weighted by Crippen LogP contribution is 2.37. The quantitative estimate of drug-likeness (QED) is 0.882. The molecule has 6 heteroatoms. The van der Waals surface area contributed by atoms with Crippen molar-refractivity contribution in [2.24, 2.45) is 0 Å². The topological polar surface area (TPSA) is 72.9 Å². The number of hydrogen-bond acceptors (Lipinski definition) is 4. The molecule has 5 nitrogen and oxygen atoms in total. The van der Waals surface area contributed by atoms with Crippen molar-refractivity contribution in [3.8, 4) is 0 Å². The SMILES string of the molecule is Nc1cc(C(=O)NCc2nccs2)n(C2CC2)c1. The number of rotatable bonds is 4. The summed E-state index contributed by atoms with van der Waals surface area (Å²) in [6.45, 7) is 0.465. The Hall–Kier alpha value is -1.82. The van der Waals surface area contributed by atoms with Crippen LogP contribution in [0.1, 0.15) is 34.4 Å². The van der Waals surface area contributed by atoms with Crippen LogP contribution in [0.2, 0.25) is 0 Å². The number of aromatic nitrogens is 2.